The molecule has 2 aromatic rings. The fourth-order valence-corrected chi connectivity index (χ4v) is 2.38. The standard InChI is InChI=1S/C16H14BrF3O/c1-10-2-5-12(9-14(10)17)15(21)8-11-3-6-13(7-4-11)16(18,19)20/h2-7,9,15,21H,8H2,1H3. The quantitative estimate of drug-likeness (QED) is 0.813. The van der Waals surface area contributed by atoms with Crippen molar-refractivity contribution in [3.05, 3.63) is 69.2 Å². The maximum Gasteiger partial charge on any atom is 0.416 e. The lowest BCUT2D eigenvalue weighted by Gasteiger charge is -2.13. The van der Waals surface area contributed by atoms with Gasteiger partial charge in [0.2, 0.25) is 0 Å². The second-order valence-corrected chi connectivity index (χ2v) is 5.78. The lowest BCUT2D eigenvalue weighted by molar-refractivity contribution is -0.137. The van der Waals surface area contributed by atoms with E-state index < -0.39 is 17.8 Å². The van der Waals surface area contributed by atoms with Gasteiger partial charge in [-0.15, -0.1) is 0 Å². The predicted octanol–water partition coefficient (Wildman–Crippen LogP) is 5.05. The van der Waals surface area contributed by atoms with E-state index in [9.17, 15) is 18.3 Å². The Morgan fingerprint density at radius 3 is 2.24 bits per heavy atom. The highest BCUT2D eigenvalue weighted by Gasteiger charge is 2.29. The zero-order chi connectivity index (χ0) is 15.6. The topological polar surface area (TPSA) is 20.2 Å². The summed E-state index contributed by atoms with van der Waals surface area (Å²) in [5.41, 5.74) is 1.76. The van der Waals surface area contributed by atoms with Gasteiger partial charge in [-0.3, -0.25) is 0 Å². The van der Waals surface area contributed by atoms with Crippen LogP contribution in [0.1, 0.15) is 28.4 Å². The van der Waals surface area contributed by atoms with E-state index in [0.717, 1.165) is 27.7 Å². The van der Waals surface area contributed by atoms with Crippen LogP contribution < -0.4 is 0 Å². The molecule has 2 rings (SSSR count). The first-order valence-electron chi connectivity index (χ1n) is 6.37. The first kappa shape index (κ1) is 16.0. The van der Waals surface area contributed by atoms with E-state index in [2.05, 4.69) is 15.9 Å². The first-order chi connectivity index (χ1) is 9.77. The van der Waals surface area contributed by atoms with E-state index in [1.807, 2.05) is 25.1 Å². The first-order valence-corrected chi connectivity index (χ1v) is 7.17. The normalized spacial score (nSPS) is 13.2. The Labute approximate surface area is 129 Å². The van der Waals surface area contributed by atoms with E-state index in [1.54, 1.807) is 0 Å². The van der Waals surface area contributed by atoms with Crippen molar-refractivity contribution < 1.29 is 18.3 Å². The van der Waals surface area contributed by atoms with E-state index in [1.165, 1.54) is 12.1 Å². The molecule has 1 N–H and O–H groups in total. The van der Waals surface area contributed by atoms with Gasteiger partial charge >= 0.3 is 6.18 Å². The van der Waals surface area contributed by atoms with Crippen molar-refractivity contribution in [2.45, 2.75) is 25.6 Å². The van der Waals surface area contributed by atoms with Crippen LogP contribution in [0.3, 0.4) is 0 Å². The molecule has 1 unspecified atom stereocenters. The highest BCUT2D eigenvalue weighted by atomic mass is 79.9. The van der Waals surface area contributed by atoms with Gasteiger partial charge < -0.3 is 5.11 Å². The summed E-state index contributed by atoms with van der Waals surface area (Å²) in [5.74, 6) is 0. The van der Waals surface area contributed by atoms with Crippen LogP contribution in [0.15, 0.2) is 46.9 Å². The largest absolute Gasteiger partial charge is 0.416 e. The summed E-state index contributed by atoms with van der Waals surface area (Å²) in [7, 11) is 0. The number of hydrogen-bond acceptors (Lipinski definition) is 1. The molecule has 0 radical (unpaired) electrons. The Morgan fingerprint density at radius 2 is 1.71 bits per heavy atom. The number of benzene rings is 2. The van der Waals surface area contributed by atoms with Crippen LogP contribution in [0.2, 0.25) is 0 Å². The zero-order valence-electron chi connectivity index (χ0n) is 11.3. The lowest BCUT2D eigenvalue weighted by atomic mass is 10.00. The van der Waals surface area contributed by atoms with Crippen LogP contribution in [0.4, 0.5) is 13.2 Å². The van der Waals surface area contributed by atoms with E-state index in [4.69, 9.17) is 0 Å². The molecule has 0 saturated carbocycles. The van der Waals surface area contributed by atoms with Crippen LogP contribution in [0.5, 0.6) is 0 Å². The molecule has 1 nitrogen and oxygen atoms in total. The zero-order valence-corrected chi connectivity index (χ0v) is 12.9. The summed E-state index contributed by atoms with van der Waals surface area (Å²) in [6, 6.07) is 10.4. The summed E-state index contributed by atoms with van der Waals surface area (Å²) in [6.07, 6.45) is -4.81. The van der Waals surface area contributed by atoms with E-state index >= 15 is 0 Å². The van der Waals surface area contributed by atoms with Gasteiger partial charge in [0.05, 0.1) is 11.7 Å². The summed E-state index contributed by atoms with van der Waals surface area (Å²) >= 11 is 3.40. The van der Waals surface area contributed by atoms with Crippen molar-refractivity contribution in [3.63, 3.8) is 0 Å². The number of aryl methyl sites for hydroxylation is 1. The van der Waals surface area contributed by atoms with Gasteiger partial charge in [-0.1, -0.05) is 40.2 Å². The Kier molecular flexibility index (Phi) is 4.74. The van der Waals surface area contributed by atoms with Crippen molar-refractivity contribution in [1.29, 1.82) is 0 Å². The molecule has 0 aliphatic rings. The molecule has 0 aliphatic carbocycles. The second-order valence-electron chi connectivity index (χ2n) is 4.92. The van der Waals surface area contributed by atoms with Crippen LogP contribution >= 0.6 is 15.9 Å². The van der Waals surface area contributed by atoms with E-state index in [-0.39, 0.29) is 6.42 Å². The van der Waals surface area contributed by atoms with Crippen LogP contribution in [0, 0.1) is 6.92 Å². The molecule has 112 valence electrons. The molecular weight excluding hydrogens is 345 g/mol. The molecule has 0 spiro atoms. The average molecular weight is 359 g/mol. The van der Waals surface area contributed by atoms with Crippen molar-refractivity contribution in [2.75, 3.05) is 0 Å². The molecule has 0 amide bonds. The van der Waals surface area contributed by atoms with Gasteiger partial charge in [-0.25, -0.2) is 0 Å². The number of rotatable bonds is 3. The van der Waals surface area contributed by atoms with E-state index in [0.29, 0.717) is 5.56 Å². The molecule has 2 aromatic carbocycles. The Morgan fingerprint density at radius 1 is 1.10 bits per heavy atom. The number of halogens is 4. The number of hydrogen-bond donors (Lipinski definition) is 1. The van der Waals surface area contributed by atoms with Gasteiger partial charge in [-0.05, 0) is 41.8 Å². The molecule has 0 saturated heterocycles. The van der Waals surface area contributed by atoms with Crippen molar-refractivity contribution >= 4 is 15.9 Å². The summed E-state index contributed by atoms with van der Waals surface area (Å²) in [4.78, 5) is 0. The monoisotopic (exact) mass is 358 g/mol. The average Bonchev–Trinajstić information content (AvgIpc) is 2.41. The Bertz CT molecular complexity index is 620. The third kappa shape index (κ3) is 4.08. The van der Waals surface area contributed by atoms with Crippen LogP contribution in [0.25, 0.3) is 0 Å². The molecule has 0 bridgehead atoms. The third-order valence-electron chi connectivity index (χ3n) is 3.29. The molecule has 0 heterocycles. The SMILES string of the molecule is Cc1ccc(C(O)Cc2ccc(C(F)(F)F)cc2)cc1Br. The maximum atomic E-state index is 12.5. The van der Waals surface area contributed by atoms with Crippen LogP contribution in [-0.2, 0) is 12.6 Å². The summed E-state index contributed by atoms with van der Waals surface area (Å²) < 4.78 is 38.3. The number of aliphatic hydroxyl groups excluding tert-OH is 1. The van der Waals surface area contributed by atoms with Crippen molar-refractivity contribution in [1.82, 2.24) is 0 Å². The molecule has 0 aromatic heterocycles. The summed E-state index contributed by atoms with van der Waals surface area (Å²) in [5, 5.41) is 10.2. The third-order valence-corrected chi connectivity index (χ3v) is 4.15. The minimum Gasteiger partial charge on any atom is -0.388 e. The highest BCUT2D eigenvalue weighted by Crippen LogP contribution is 2.30. The van der Waals surface area contributed by atoms with Crippen molar-refractivity contribution in [2.24, 2.45) is 0 Å². The number of aliphatic hydroxyl groups is 1. The highest BCUT2D eigenvalue weighted by molar-refractivity contribution is 9.10. The minimum atomic E-state index is -4.33. The van der Waals surface area contributed by atoms with Gasteiger partial charge in [-0.2, -0.15) is 13.2 Å². The Hall–Kier alpha value is -1.33. The molecule has 0 aliphatic heterocycles. The summed E-state index contributed by atoms with van der Waals surface area (Å²) in [6.45, 7) is 1.94. The number of alkyl halides is 3. The fourth-order valence-electron chi connectivity index (χ4n) is 1.99. The molecule has 5 heteroatoms. The van der Waals surface area contributed by atoms with Gasteiger partial charge in [0.1, 0.15) is 0 Å². The predicted molar refractivity (Wildman–Crippen MR) is 79.0 cm³/mol. The van der Waals surface area contributed by atoms with Crippen molar-refractivity contribution in [3.8, 4) is 0 Å². The van der Waals surface area contributed by atoms with Gasteiger partial charge in [0, 0.05) is 10.9 Å². The molecule has 0 fully saturated rings. The van der Waals surface area contributed by atoms with Gasteiger partial charge in [0.15, 0.2) is 0 Å². The lowest BCUT2D eigenvalue weighted by Crippen LogP contribution is -2.06. The Balaban J connectivity index is 2.12. The second kappa shape index (κ2) is 6.20. The van der Waals surface area contributed by atoms with Crippen LogP contribution in [-0.4, -0.2) is 5.11 Å². The van der Waals surface area contributed by atoms with Gasteiger partial charge in [0.25, 0.3) is 0 Å². The molecule has 1 atom stereocenters. The minimum absolute atomic E-state index is 0.271. The fraction of sp³-hybridized carbons (Fsp3) is 0.250. The smallest absolute Gasteiger partial charge is 0.388 e. The molecular formula is C16H14BrF3O. The maximum absolute atomic E-state index is 12.5. The molecule has 21 heavy (non-hydrogen) atoms.